The molecule has 2 aromatic rings. The van der Waals surface area contributed by atoms with Gasteiger partial charge in [0.25, 0.3) is 0 Å². The Kier molecular flexibility index (Phi) is 6.83. The highest BCUT2D eigenvalue weighted by Crippen LogP contribution is 2.25. The van der Waals surface area contributed by atoms with E-state index in [1.165, 1.54) is 11.8 Å². The molecule has 0 fully saturated rings. The first-order chi connectivity index (χ1) is 12.0. The van der Waals surface area contributed by atoms with Gasteiger partial charge in [-0.1, -0.05) is 35.9 Å². The summed E-state index contributed by atoms with van der Waals surface area (Å²) in [6.07, 6.45) is 0.195. The number of para-hydroxylation sites is 1. The lowest BCUT2D eigenvalue weighted by atomic mass is 10.2. The SMILES string of the molecule is COc1ccc(CNC(=O)CCN(C(C)=O)c2ccccc2Cl)cc1. The third-order valence-corrected chi connectivity index (χ3v) is 4.05. The average Bonchev–Trinajstić information content (AvgIpc) is 2.61. The molecule has 0 radical (unpaired) electrons. The van der Waals surface area contributed by atoms with Crippen molar-refractivity contribution in [3.63, 3.8) is 0 Å². The van der Waals surface area contributed by atoms with Crippen molar-refractivity contribution >= 4 is 29.1 Å². The molecule has 2 aromatic carbocycles. The molecule has 0 aliphatic rings. The van der Waals surface area contributed by atoms with Crippen LogP contribution in [0.2, 0.25) is 5.02 Å². The van der Waals surface area contributed by atoms with E-state index in [-0.39, 0.29) is 24.8 Å². The van der Waals surface area contributed by atoms with Crippen LogP contribution in [0, 0.1) is 0 Å². The van der Waals surface area contributed by atoms with Crippen molar-refractivity contribution in [3.8, 4) is 5.75 Å². The number of amides is 2. The summed E-state index contributed by atoms with van der Waals surface area (Å²) in [4.78, 5) is 25.5. The van der Waals surface area contributed by atoms with Crippen LogP contribution in [0.5, 0.6) is 5.75 Å². The summed E-state index contributed by atoms with van der Waals surface area (Å²) in [5.41, 5.74) is 1.59. The maximum atomic E-state index is 12.1. The number of methoxy groups -OCH3 is 1. The lowest BCUT2D eigenvalue weighted by Gasteiger charge is -2.22. The Hall–Kier alpha value is -2.53. The smallest absolute Gasteiger partial charge is 0.223 e. The minimum absolute atomic E-state index is 0.130. The minimum atomic E-state index is -0.156. The van der Waals surface area contributed by atoms with Crippen LogP contribution in [-0.4, -0.2) is 25.5 Å². The first-order valence-corrected chi connectivity index (χ1v) is 8.31. The molecular formula is C19H21ClN2O3. The van der Waals surface area contributed by atoms with Gasteiger partial charge in [-0.2, -0.15) is 0 Å². The van der Waals surface area contributed by atoms with Gasteiger partial charge < -0.3 is 15.0 Å². The molecule has 0 bridgehead atoms. The lowest BCUT2D eigenvalue weighted by Crippen LogP contribution is -2.33. The summed E-state index contributed by atoms with van der Waals surface area (Å²) in [6, 6.07) is 14.6. The number of nitrogens with one attached hydrogen (secondary N) is 1. The van der Waals surface area contributed by atoms with Crippen LogP contribution in [0.1, 0.15) is 18.9 Å². The van der Waals surface area contributed by atoms with Crippen molar-refractivity contribution in [3.05, 3.63) is 59.1 Å². The number of nitrogens with zero attached hydrogens (tertiary/aromatic N) is 1. The van der Waals surface area contributed by atoms with Gasteiger partial charge in [0.15, 0.2) is 0 Å². The molecule has 0 aliphatic heterocycles. The standard InChI is InChI=1S/C19H21ClN2O3/c1-14(23)22(18-6-4-3-5-17(18)20)12-11-19(24)21-13-15-7-9-16(25-2)10-8-15/h3-10H,11-13H2,1-2H3,(H,21,24). The second-order valence-corrected chi connectivity index (χ2v) is 5.90. The molecule has 0 saturated carbocycles. The van der Waals surface area contributed by atoms with E-state index in [1.54, 1.807) is 31.4 Å². The van der Waals surface area contributed by atoms with Gasteiger partial charge in [-0.15, -0.1) is 0 Å². The topological polar surface area (TPSA) is 58.6 Å². The third kappa shape index (κ3) is 5.50. The lowest BCUT2D eigenvalue weighted by molar-refractivity contribution is -0.121. The summed E-state index contributed by atoms with van der Waals surface area (Å²) in [6.45, 7) is 2.15. The maximum Gasteiger partial charge on any atom is 0.223 e. The van der Waals surface area contributed by atoms with Crippen molar-refractivity contribution in [2.24, 2.45) is 0 Å². The Morgan fingerprint density at radius 1 is 1.12 bits per heavy atom. The minimum Gasteiger partial charge on any atom is -0.497 e. The van der Waals surface area contributed by atoms with E-state index >= 15 is 0 Å². The Balaban J connectivity index is 1.88. The number of anilines is 1. The molecule has 0 saturated heterocycles. The summed E-state index contributed by atoms with van der Waals surface area (Å²) in [7, 11) is 1.61. The van der Waals surface area contributed by atoms with Crippen molar-refractivity contribution in [1.82, 2.24) is 5.32 Å². The molecule has 0 aromatic heterocycles. The van der Waals surface area contributed by atoms with Crippen molar-refractivity contribution in [1.29, 1.82) is 0 Å². The Morgan fingerprint density at radius 2 is 1.80 bits per heavy atom. The van der Waals surface area contributed by atoms with E-state index in [4.69, 9.17) is 16.3 Å². The average molecular weight is 361 g/mol. The van der Waals surface area contributed by atoms with E-state index in [1.807, 2.05) is 24.3 Å². The molecule has 0 aliphatic carbocycles. The number of hydrogen-bond acceptors (Lipinski definition) is 3. The summed E-state index contributed by atoms with van der Waals surface area (Å²) in [5, 5.41) is 3.33. The van der Waals surface area contributed by atoms with Gasteiger partial charge in [-0.3, -0.25) is 9.59 Å². The maximum absolute atomic E-state index is 12.1. The van der Waals surface area contributed by atoms with Crippen molar-refractivity contribution < 1.29 is 14.3 Å². The molecule has 0 heterocycles. The Labute approximate surface area is 152 Å². The van der Waals surface area contributed by atoms with Crippen molar-refractivity contribution in [2.75, 3.05) is 18.6 Å². The fourth-order valence-corrected chi connectivity index (χ4v) is 2.60. The Bertz CT molecular complexity index is 732. The number of rotatable bonds is 7. The van der Waals surface area contributed by atoms with Crippen LogP contribution in [0.3, 0.4) is 0 Å². The zero-order chi connectivity index (χ0) is 18.2. The molecule has 2 rings (SSSR count). The molecule has 1 N–H and O–H groups in total. The highest BCUT2D eigenvalue weighted by Gasteiger charge is 2.15. The monoisotopic (exact) mass is 360 g/mol. The fourth-order valence-electron chi connectivity index (χ4n) is 2.36. The van der Waals surface area contributed by atoms with Crippen LogP contribution in [0.15, 0.2) is 48.5 Å². The normalized spacial score (nSPS) is 10.2. The highest BCUT2D eigenvalue weighted by atomic mass is 35.5. The van der Waals surface area contributed by atoms with Gasteiger partial charge in [0.1, 0.15) is 5.75 Å². The van der Waals surface area contributed by atoms with Gasteiger partial charge in [-0.25, -0.2) is 0 Å². The Morgan fingerprint density at radius 3 is 2.40 bits per heavy atom. The van der Waals surface area contributed by atoms with E-state index in [9.17, 15) is 9.59 Å². The van der Waals surface area contributed by atoms with E-state index < -0.39 is 0 Å². The summed E-state index contributed by atoms with van der Waals surface area (Å²) in [5.74, 6) is 0.483. The number of benzene rings is 2. The van der Waals surface area contributed by atoms with Crippen LogP contribution < -0.4 is 15.0 Å². The van der Waals surface area contributed by atoms with Crippen LogP contribution >= 0.6 is 11.6 Å². The molecule has 132 valence electrons. The van der Waals surface area contributed by atoms with Gasteiger partial charge in [0.05, 0.1) is 17.8 Å². The van der Waals surface area contributed by atoms with E-state index in [0.717, 1.165) is 11.3 Å². The second-order valence-electron chi connectivity index (χ2n) is 5.50. The predicted molar refractivity (Wildman–Crippen MR) is 98.9 cm³/mol. The largest absolute Gasteiger partial charge is 0.497 e. The molecule has 0 spiro atoms. The van der Waals surface area contributed by atoms with Crippen molar-refractivity contribution in [2.45, 2.75) is 19.9 Å². The first-order valence-electron chi connectivity index (χ1n) is 7.93. The number of hydrogen-bond donors (Lipinski definition) is 1. The van der Waals surface area contributed by atoms with Gasteiger partial charge in [-0.05, 0) is 29.8 Å². The molecule has 25 heavy (non-hydrogen) atoms. The predicted octanol–water partition coefficient (Wildman–Crippen LogP) is 3.41. The molecule has 5 nitrogen and oxygen atoms in total. The van der Waals surface area contributed by atoms with Crippen LogP contribution in [0.25, 0.3) is 0 Å². The van der Waals surface area contributed by atoms with Gasteiger partial charge in [0, 0.05) is 26.4 Å². The van der Waals surface area contributed by atoms with Crippen LogP contribution in [-0.2, 0) is 16.1 Å². The van der Waals surface area contributed by atoms with E-state index in [2.05, 4.69) is 5.32 Å². The first kappa shape index (κ1) is 18.8. The summed E-state index contributed by atoms with van der Waals surface area (Å²) >= 11 is 6.14. The second kappa shape index (κ2) is 9.08. The molecule has 0 unspecified atom stereocenters. The van der Waals surface area contributed by atoms with Crippen LogP contribution in [0.4, 0.5) is 5.69 Å². The highest BCUT2D eigenvalue weighted by molar-refractivity contribution is 6.33. The molecule has 0 atom stereocenters. The van der Waals surface area contributed by atoms with Gasteiger partial charge in [0.2, 0.25) is 11.8 Å². The molecule has 2 amide bonds. The fraction of sp³-hybridized carbons (Fsp3) is 0.263. The number of halogens is 1. The quantitative estimate of drug-likeness (QED) is 0.823. The third-order valence-electron chi connectivity index (χ3n) is 3.73. The number of ether oxygens (including phenoxy) is 1. The summed E-state index contributed by atoms with van der Waals surface area (Å²) < 4.78 is 5.10. The zero-order valence-corrected chi connectivity index (χ0v) is 15.0. The number of carbonyl (C=O) groups excluding carboxylic acids is 2. The van der Waals surface area contributed by atoms with Gasteiger partial charge >= 0.3 is 0 Å². The molecule has 6 heteroatoms. The zero-order valence-electron chi connectivity index (χ0n) is 14.3. The number of carbonyl (C=O) groups is 2. The molecular weight excluding hydrogens is 340 g/mol. The van der Waals surface area contributed by atoms with E-state index in [0.29, 0.717) is 17.3 Å².